The van der Waals surface area contributed by atoms with Crippen molar-refractivity contribution in [2.45, 2.75) is 25.3 Å². The maximum absolute atomic E-state index is 12.2. The molecular formula is C22H20N4O7. The molecule has 0 aliphatic carbocycles. The van der Waals surface area contributed by atoms with Gasteiger partial charge < -0.3 is 26.0 Å². The average molecular weight is 452 g/mol. The van der Waals surface area contributed by atoms with Gasteiger partial charge in [-0.1, -0.05) is 24.3 Å². The van der Waals surface area contributed by atoms with Gasteiger partial charge >= 0.3 is 17.9 Å². The van der Waals surface area contributed by atoms with Gasteiger partial charge in [-0.05, 0) is 36.2 Å². The minimum Gasteiger partial charge on any atom is -0.481 e. The predicted octanol–water partition coefficient (Wildman–Crippen LogP) is 2.05. The van der Waals surface area contributed by atoms with Gasteiger partial charge in [0.1, 0.15) is 6.04 Å². The minimum atomic E-state index is -1.31. The molecule has 1 aromatic heterocycles. The number of aromatic nitrogens is 2. The van der Waals surface area contributed by atoms with Crippen LogP contribution in [0.25, 0.3) is 11.0 Å². The molecule has 33 heavy (non-hydrogen) atoms. The van der Waals surface area contributed by atoms with Crippen molar-refractivity contribution in [1.82, 2.24) is 15.3 Å². The molecule has 170 valence electrons. The summed E-state index contributed by atoms with van der Waals surface area (Å²) in [6.45, 7) is 0. The second-order valence-electron chi connectivity index (χ2n) is 7.10. The van der Waals surface area contributed by atoms with Gasteiger partial charge in [0, 0.05) is 12.1 Å². The Balaban J connectivity index is 1.69. The number of aromatic carboxylic acids is 1. The number of rotatable bonds is 10. The van der Waals surface area contributed by atoms with Crippen molar-refractivity contribution in [2.75, 3.05) is 5.32 Å². The van der Waals surface area contributed by atoms with Crippen LogP contribution < -0.4 is 10.6 Å². The zero-order valence-corrected chi connectivity index (χ0v) is 17.2. The summed E-state index contributed by atoms with van der Waals surface area (Å²) in [7, 11) is 0. The molecule has 1 amide bonds. The Labute approximate surface area is 187 Å². The highest BCUT2D eigenvalue weighted by Crippen LogP contribution is 2.21. The van der Waals surface area contributed by atoms with Crippen molar-refractivity contribution in [3.8, 4) is 0 Å². The number of para-hydroxylation sites is 2. The first-order valence-electron chi connectivity index (χ1n) is 9.83. The molecule has 1 unspecified atom stereocenters. The van der Waals surface area contributed by atoms with E-state index in [-0.39, 0.29) is 30.8 Å². The normalized spacial score (nSPS) is 11.5. The largest absolute Gasteiger partial charge is 0.481 e. The molecule has 3 rings (SSSR count). The van der Waals surface area contributed by atoms with E-state index in [1.54, 1.807) is 48.5 Å². The molecular weight excluding hydrogens is 432 g/mol. The minimum absolute atomic E-state index is 0.0643. The van der Waals surface area contributed by atoms with Crippen molar-refractivity contribution in [1.29, 1.82) is 0 Å². The highest BCUT2D eigenvalue weighted by Gasteiger charge is 2.21. The van der Waals surface area contributed by atoms with E-state index in [1.165, 1.54) is 0 Å². The summed E-state index contributed by atoms with van der Waals surface area (Å²) in [6, 6.07) is 12.0. The second kappa shape index (κ2) is 10.2. The fourth-order valence-electron chi connectivity index (χ4n) is 3.03. The van der Waals surface area contributed by atoms with Gasteiger partial charge in [0.15, 0.2) is 11.5 Å². The number of hydrogen-bond acceptors (Lipinski definition) is 7. The number of anilines is 2. The Morgan fingerprint density at radius 1 is 0.879 bits per heavy atom. The molecule has 0 radical (unpaired) electrons. The number of carboxylic acids is 3. The number of carbonyl (C=O) groups is 4. The number of fused-ring (bicyclic) bond motifs is 1. The van der Waals surface area contributed by atoms with Gasteiger partial charge in [-0.2, -0.15) is 0 Å². The molecule has 0 spiro atoms. The highest BCUT2D eigenvalue weighted by atomic mass is 16.4. The van der Waals surface area contributed by atoms with Crippen LogP contribution in [0.3, 0.4) is 0 Å². The van der Waals surface area contributed by atoms with Gasteiger partial charge in [0.25, 0.3) is 0 Å². The number of aliphatic carboxylic acids is 2. The lowest BCUT2D eigenvalue weighted by Gasteiger charge is -2.14. The van der Waals surface area contributed by atoms with Crippen LogP contribution in [0, 0.1) is 0 Å². The third-order valence-corrected chi connectivity index (χ3v) is 4.63. The first kappa shape index (κ1) is 23.1. The van der Waals surface area contributed by atoms with Crippen molar-refractivity contribution < 1.29 is 34.5 Å². The SMILES string of the molecule is O=C(O)CCC(NC(=O)Cc1ccc(Nc2nc3ccccc3nc2C(=O)O)cc1)C(=O)O. The molecule has 1 heterocycles. The highest BCUT2D eigenvalue weighted by molar-refractivity contribution is 5.94. The lowest BCUT2D eigenvalue weighted by Crippen LogP contribution is -2.41. The molecule has 1 atom stereocenters. The lowest BCUT2D eigenvalue weighted by molar-refractivity contribution is -0.143. The Hall–Kier alpha value is -4.54. The zero-order valence-electron chi connectivity index (χ0n) is 17.2. The predicted molar refractivity (Wildman–Crippen MR) is 116 cm³/mol. The Bertz CT molecular complexity index is 1210. The van der Waals surface area contributed by atoms with Crippen LogP contribution in [0.4, 0.5) is 11.5 Å². The Morgan fingerprint density at radius 3 is 2.09 bits per heavy atom. The lowest BCUT2D eigenvalue weighted by atomic mass is 10.1. The van der Waals surface area contributed by atoms with E-state index in [2.05, 4.69) is 20.6 Å². The van der Waals surface area contributed by atoms with Crippen molar-refractivity contribution in [3.63, 3.8) is 0 Å². The summed E-state index contributed by atoms with van der Waals surface area (Å²) in [6.07, 6.45) is -0.723. The summed E-state index contributed by atoms with van der Waals surface area (Å²) < 4.78 is 0. The summed E-state index contributed by atoms with van der Waals surface area (Å²) in [5.41, 5.74) is 1.82. The van der Waals surface area contributed by atoms with Gasteiger partial charge in [-0.3, -0.25) is 9.59 Å². The summed E-state index contributed by atoms with van der Waals surface area (Å²) in [5, 5.41) is 32.5. The van der Waals surface area contributed by atoms with Crippen molar-refractivity contribution in [2.24, 2.45) is 0 Å². The van der Waals surface area contributed by atoms with Crippen LogP contribution in [-0.2, 0) is 20.8 Å². The Kier molecular flexibility index (Phi) is 7.13. The van der Waals surface area contributed by atoms with Crippen LogP contribution in [0.5, 0.6) is 0 Å². The maximum Gasteiger partial charge on any atom is 0.358 e. The van der Waals surface area contributed by atoms with E-state index in [1.807, 2.05) is 0 Å². The number of hydrogen-bond donors (Lipinski definition) is 5. The van der Waals surface area contributed by atoms with E-state index in [0.29, 0.717) is 22.3 Å². The van der Waals surface area contributed by atoms with Gasteiger partial charge in [-0.15, -0.1) is 0 Å². The maximum atomic E-state index is 12.2. The molecule has 11 heteroatoms. The standard InChI is InChI=1S/C22H20N4O7/c27-17(24-16(21(30)31)9-10-18(28)29)11-12-5-7-13(8-6-12)23-20-19(22(32)33)25-14-3-1-2-4-15(14)26-20/h1-8,16H,9-11H2,(H,23,26)(H,24,27)(H,28,29)(H,30,31)(H,32,33). The average Bonchev–Trinajstić information content (AvgIpc) is 2.77. The van der Waals surface area contributed by atoms with Crippen molar-refractivity contribution in [3.05, 3.63) is 59.8 Å². The molecule has 0 fully saturated rings. The second-order valence-corrected chi connectivity index (χ2v) is 7.10. The first-order chi connectivity index (χ1) is 15.7. The van der Waals surface area contributed by atoms with Gasteiger partial charge in [0.2, 0.25) is 5.91 Å². The van der Waals surface area contributed by atoms with E-state index >= 15 is 0 Å². The zero-order chi connectivity index (χ0) is 24.0. The number of nitrogens with one attached hydrogen (secondary N) is 2. The molecule has 0 aliphatic rings. The van der Waals surface area contributed by atoms with E-state index in [4.69, 9.17) is 10.2 Å². The first-order valence-corrected chi connectivity index (χ1v) is 9.83. The monoisotopic (exact) mass is 452 g/mol. The number of carboxylic acid groups (broad SMARTS) is 3. The topological polar surface area (TPSA) is 179 Å². The summed E-state index contributed by atoms with van der Waals surface area (Å²) in [4.78, 5) is 54.1. The van der Waals surface area contributed by atoms with Crippen LogP contribution in [-0.4, -0.2) is 55.1 Å². The van der Waals surface area contributed by atoms with E-state index < -0.39 is 29.9 Å². The number of carbonyl (C=O) groups excluding carboxylic acids is 1. The van der Waals surface area contributed by atoms with Crippen molar-refractivity contribution >= 4 is 46.4 Å². The molecule has 0 aliphatic heterocycles. The molecule has 5 N–H and O–H groups in total. The fourth-order valence-corrected chi connectivity index (χ4v) is 3.03. The molecule has 11 nitrogen and oxygen atoms in total. The molecule has 3 aromatic rings. The smallest absolute Gasteiger partial charge is 0.358 e. The van der Waals surface area contributed by atoms with E-state index in [0.717, 1.165) is 0 Å². The third-order valence-electron chi connectivity index (χ3n) is 4.63. The van der Waals surface area contributed by atoms with Crippen LogP contribution in [0.1, 0.15) is 28.9 Å². The summed E-state index contributed by atoms with van der Waals surface area (Å²) in [5.74, 6) is -4.20. The third kappa shape index (κ3) is 6.23. The van der Waals surface area contributed by atoms with Crippen LogP contribution in [0.2, 0.25) is 0 Å². The molecule has 0 bridgehead atoms. The molecule has 0 saturated carbocycles. The molecule has 2 aromatic carbocycles. The van der Waals surface area contributed by atoms with E-state index in [9.17, 15) is 24.3 Å². The van der Waals surface area contributed by atoms with Crippen LogP contribution in [0.15, 0.2) is 48.5 Å². The van der Waals surface area contributed by atoms with Gasteiger partial charge in [-0.25, -0.2) is 19.6 Å². The molecule has 0 saturated heterocycles. The van der Waals surface area contributed by atoms with Gasteiger partial charge in [0.05, 0.1) is 17.5 Å². The summed E-state index contributed by atoms with van der Waals surface area (Å²) >= 11 is 0. The fraction of sp³-hybridized carbons (Fsp3) is 0.182. The number of benzene rings is 2. The number of nitrogens with zero attached hydrogens (tertiary/aromatic N) is 2. The number of amides is 1. The quantitative estimate of drug-likeness (QED) is 0.306. The Morgan fingerprint density at radius 2 is 1.52 bits per heavy atom. The van der Waals surface area contributed by atoms with Crippen LogP contribution >= 0.6 is 0 Å².